The van der Waals surface area contributed by atoms with E-state index in [1.165, 1.54) is 15.3 Å². The quantitative estimate of drug-likeness (QED) is 0.771. The number of likely N-dealkylation sites (tertiary alicyclic amines) is 1. The van der Waals surface area contributed by atoms with Crippen LogP contribution in [-0.4, -0.2) is 40.0 Å². The van der Waals surface area contributed by atoms with Gasteiger partial charge in [-0.3, -0.25) is 0 Å². The third-order valence-electron chi connectivity index (χ3n) is 4.80. The first kappa shape index (κ1) is 14.8. The molecule has 23 heavy (non-hydrogen) atoms. The van der Waals surface area contributed by atoms with Gasteiger partial charge in [0.25, 0.3) is 0 Å². The van der Waals surface area contributed by atoms with Crippen molar-refractivity contribution >= 4 is 22.4 Å². The Labute approximate surface area is 140 Å². The minimum Gasteiger partial charge on any atom is -0.352 e. The van der Waals surface area contributed by atoms with E-state index in [4.69, 9.17) is 4.98 Å². The minimum atomic E-state index is 0.499. The van der Waals surface area contributed by atoms with Crippen LogP contribution in [-0.2, 0) is 0 Å². The van der Waals surface area contributed by atoms with Gasteiger partial charge in [0.1, 0.15) is 5.82 Å². The summed E-state index contributed by atoms with van der Waals surface area (Å²) in [7, 11) is 2.18. The first-order valence-corrected chi connectivity index (χ1v) is 9.03. The fourth-order valence-corrected chi connectivity index (χ4v) is 4.38. The molecular formula is C18H22N4S. The number of thiophene rings is 1. The number of nitrogens with zero attached hydrogens (tertiary/aromatic N) is 3. The van der Waals surface area contributed by atoms with Crippen molar-refractivity contribution in [2.75, 3.05) is 20.1 Å². The standard InChI is InChI=1S/C18H22N4S/c1-11-8-14(12(2)23-11)15-9-16-17(20-15)10-19-18(21-16)13-4-6-22(3)7-5-13/h8-10,13,20H,4-7H2,1-3H3. The molecule has 0 aliphatic carbocycles. The average Bonchev–Trinajstić information content (AvgIpc) is 3.09. The monoisotopic (exact) mass is 326 g/mol. The highest BCUT2D eigenvalue weighted by molar-refractivity contribution is 7.12. The number of aromatic amines is 1. The molecule has 4 nitrogen and oxygen atoms in total. The molecule has 1 aliphatic heterocycles. The second-order valence-electron chi connectivity index (χ2n) is 6.61. The summed E-state index contributed by atoms with van der Waals surface area (Å²) in [5, 5.41) is 0. The summed E-state index contributed by atoms with van der Waals surface area (Å²) >= 11 is 1.84. The van der Waals surface area contributed by atoms with Crippen LogP contribution < -0.4 is 0 Å². The summed E-state index contributed by atoms with van der Waals surface area (Å²) in [6, 6.07) is 4.42. The molecule has 1 fully saturated rings. The van der Waals surface area contributed by atoms with Crippen LogP contribution in [0.15, 0.2) is 18.3 Å². The van der Waals surface area contributed by atoms with Crippen LogP contribution in [0, 0.1) is 13.8 Å². The summed E-state index contributed by atoms with van der Waals surface area (Å²) in [5.74, 6) is 1.51. The normalized spacial score (nSPS) is 17.2. The number of H-pyrrole nitrogens is 1. The third kappa shape index (κ3) is 2.79. The molecule has 4 heterocycles. The Morgan fingerprint density at radius 2 is 2.00 bits per heavy atom. The van der Waals surface area contributed by atoms with Crippen molar-refractivity contribution in [1.29, 1.82) is 0 Å². The van der Waals surface area contributed by atoms with Crippen molar-refractivity contribution in [2.45, 2.75) is 32.6 Å². The molecule has 0 bridgehead atoms. The van der Waals surface area contributed by atoms with Crippen LogP contribution in [0.2, 0.25) is 0 Å². The number of hydrogen-bond donors (Lipinski definition) is 1. The second-order valence-corrected chi connectivity index (χ2v) is 8.08. The predicted octanol–water partition coefficient (Wildman–Crippen LogP) is 4.11. The van der Waals surface area contributed by atoms with Crippen molar-refractivity contribution in [2.24, 2.45) is 0 Å². The highest BCUT2D eigenvalue weighted by Crippen LogP contribution is 2.32. The Bertz CT molecular complexity index is 840. The number of hydrogen-bond acceptors (Lipinski definition) is 4. The van der Waals surface area contributed by atoms with E-state index in [2.05, 4.69) is 47.9 Å². The molecule has 0 atom stereocenters. The van der Waals surface area contributed by atoms with E-state index in [1.807, 2.05) is 17.5 Å². The molecule has 4 rings (SSSR count). The zero-order valence-electron chi connectivity index (χ0n) is 13.9. The zero-order valence-corrected chi connectivity index (χ0v) is 14.7. The zero-order chi connectivity index (χ0) is 16.0. The molecule has 3 aromatic heterocycles. The maximum atomic E-state index is 4.85. The topological polar surface area (TPSA) is 44.8 Å². The van der Waals surface area contributed by atoms with E-state index in [-0.39, 0.29) is 0 Å². The van der Waals surface area contributed by atoms with E-state index in [1.54, 1.807) is 0 Å². The molecule has 0 radical (unpaired) electrons. The summed E-state index contributed by atoms with van der Waals surface area (Å²) in [4.78, 5) is 18.0. The molecule has 5 heteroatoms. The number of rotatable bonds is 2. The van der Waals surface area contributed by atoms with Crippen LogP contribution in [0.5, 0.6) is 0 Å². The average molecular weight is 326 g/mol. The first-order valence-electron chi connectivity index (χ1n) is 8.22. The Hall–Kier alpha value is -1.72. The Morgan fingerprint density at radius 3 is 2.70 bits per heavy atom. The molecule has 0 saturated carbocycles. The van der Waals surface area contributed by atoms with Crippen molar-refractivity contribution in [3.63, 3.8) is 0 Å². The molecule has 120 valence electrons. The summed E-state index contributed by atoms with van der Waals surface area (Å²) in [6.45, 7) is 6.60. The van der Waals surface area contributed by atoms with Crippen molar-refractivity contribution in [1.82, 2.24) is 19.9 Å². The second kappa shape index (κ2) is 5.73. The maximum Gasteiger partial charge on any atom is 0.132 e. The largest absolute Gasteiger partial charge is 0.352 e. The van der Waals surface area contributed by atoms with Gasteiger partial charge in [-0.2, -0.15) is 0 Å². The lowest BCUT2D eigenvalue weighted by Crippen LogP contribution is -2.29. The highest BCUT2D eigenvalue weighted by Gasteiger charge is 2.21. The van der Waals surface area contributed by atoms with Gasteiger partial charge < -0.3 is 9.88 Å². The van der Waals surface area contributed by atoms with Gasteiger partial charge >= 0.3 is 0 Å². The number of aryl methyl sites for hydroxylation is 2. The van der Waals surface area contributed by atoms with Crippen molar-refractivity contribution in [3.8, 4) is 11.3 Å². The van der Waals surface area contributed by atoms with Gasteiger partial charge in [-0.05, 0) is 59.0 Å². The van der Waals surface area contributed by atoms with Gasteiger partial charge in [0.15, 0.2) is 0 Å². The van der Waals surface area contributed by atoms with E-state index < -0.39 is 0 Å². The van der Waals surface area contributed by atoms with Gasteiger partial charge in [0.2, 0.25) is 0 Å². The van der Waals surface area contributed by atoms with Crippen molar-refractivity contribution < 1.29 is 0 Å². The SMILES string of the molecule is Cc1cc(-c2cc3nc(C4CCN(C)CC4)ncc3[nH]2)c(C)s1. The maximum absolute atomic E-state index is 4.85. The van der Waals surface area contributed by atoms with E-state index in [0.717, 1.165) is 48.5 Å². The fourth-order valence-electron chi connectivity index (χ4n) is 3.44. The summed E-state index contributed by atoms with van der Waals surface area (Å²) < 4.78 is 0. The van der Waals surface area contributed by atoms with Crippen LogP contribution in [0.4, 0.5) is 0 Å². The predicted molar refractivity (Wildman–Crippen MR) is 96.1 cm³/mol. The number of piperidine rings is 1. The van der Waals surface area contributed by atoms with Gasteiger partial charge in [0.05, 0.1) is 17.2 Å². The molecule has 1 N–H and O–H groups in total. The van der Waals surface area contributed by atoms with Crippen LogP contribution in [0.3, 0.4) is 0 Å². The fraction of sp³-hybridized carbons (Fsp3) is 0.444. The number of aromatic nitrogens is 3. The van der Waals surface area contributed by atoms with E-state index in [9.17, 15) is 0 Å². The molecule has 0 amide bonds. The lowest BCUT2D eigenvalue weighted by atomic mass is 9.96. The Kier molecular flexibility index (Phi) is 3.70. The van der Waals surface area contributed by atoms with Gasteiger partial charge in [-0.1, -0.05) is 0 Å². The van der Waals surface area contributed by atoms with Crippen LogP contribution >= 0.6 is 11.3 Å². The van der Waals surface area contributed by atoms with E-state index >= 15 is 0 Å². The number of nitrogens with one attached hydrogen (secondary N) is 1. The lowest BCUT2D eigenvalue weighted by Gasteiger charge is -2.27. The third-order valence-corrected chi connectivity index (χ3v) is 5.77. The Balaban J connectivity index is 1.68. The smallest absolute Gasteiger partial charge is 0.132 e. The molecular weight excluding hydrogens is 304 g/mol. The molecule has 0 spiro atoms. The molecule has 1 saturated heterocycles. The molecule has 0 unspecified atom stereocenters. The minimum absolute atomic E-state index is 0.499. The lowest BCUT2D eigenvalue weighted by molar-refractivity contribution is 0.251. The summed E-state index contributed by atoms with van der Waals surface area (Å²) in [6.07, 6.45) is 4.26. The Morgan fingerprint density at radius 1 is 1.22 bits per heavy atom. The van der Waals surface area contributed by atoms with Gasteiger partial charge in [0, 0.05) is 26.9 Å². The van der Waals surface area contributed by atoms with Gasteiger partial charge in [-0.25, -0.2) is 9.97 Å². The first-order chi connectivity index (χ1) is 11.1. The summed E-state index contributed by atoms with van der Waals surface area (Å²) in [5.41, 5.74) is 4.50. The molecule has 3 aromatic rings. The van der Waals surface area contributed by atoms with Crippen molar-refractivity contribution in [3.05, 3.63) is 33.9 Å². The van der Waals surface area contributed by atoms with E-state index in [0.29, 0.717) is 5.92 Å². The molecule has 0 aromatic carbocycles. The highest BCUT2D eigenvalue weighted by atomic mass is 32.1. The van der Waals surface area contributed by atoms with Crippen LogP contribution in [0.25, 0.3) is 22.3 Å². The van der Waals surface area contributed by atoms with Gasteiger partial charge in [-0.15, -0.1) is 11.3 Å². The molecule has 1 aliphatic rings. The van der Waals surface area contributed by atoms with Crippen LogP contribution in [0.1, 0.15) is 34.3 Å². The number of fused-ring (bicyclic) bond motifs is 1.